The molecule has 24 heavy (non-hydrogen) atoms. The monoisotopic (exact) mass is 328 g/mol. The Morgan fingerprint density at radius 1 is 1.25 bits per heavy atom. The van der Waals surface area contributed by atoms with Crippen LogP contribution in [-0.2, 0) is 6.42 Å². The standard InChI is InChI=1S/C20H28N2O2/c1-14-7-6-9-15(14)8-4-3-5-10-18-20(23)22-19-13-16(24-2)11-12-17(19)21-18/h11-15H,3-10H2,1-2H3,(H,22,23)/t14?,15-/m0/s1. The summed E-state index contributed by atoms with van der Waals surface area (Å²) in [4.78, 5) is 19.7. The Bertz CT molecular complexity index is 738. The van der Waals surface area contributed by atoms with E-state index in [2.05, 4.69) is 16.9 Å². The molecule has 1 unspecified atom stereocenters. The molecule has 1 aliphatic carbocycles. The number of hydrogen-bond acceptors (Lipinski definition) is 3. The Labute approximate surface area is 143 Å². The van der Waals surface area contributed by atoms with Crippen LogP contribution in [0.1, 0.15) is 57.6 Å². The minimum atomic E-state index is -0.0693. The van der Waals surface area contributed by atoms with Crippen molar-refractivity contribution in [1.29, 1.82) is 0 Å². The van der Waals surface area contributed by atoms with Crippen LogP contribution in [0.4, 0.5) is 0 Å². The average Bonchev–Trinajstić information content (AvgIpc) is 2.99. The molecule has 1 aromatic heterocycles. The number of methoxy groups -OCH3 is 1. The fraction of sp³-hybridized carbons (Fsp3) is 0.600. The smallest absolute Gasteiger partial charge is 0.270 e. The second kappa shape index (κ2) is 7.82. The molecule has 130 valence electrons. The van der Waals surface area contributed by atoms with E-state index < -0.39 is 0 Å². The number of aromatic nitrogens is 2. The third kappa shape index (κ3) is 3.97. The highest BCUT2D eigenvalue weighted by molar-refractivity contribution is 5.75. The molecule has 0 saturated heterocycles. The van der Waals surface area contributed by atoms with Gasteiger partial charge >= 0.3 is 0 Å². The molecule has 2 aromatic rings. The fourth-order valence-electron chi connectivity index (χ4n) is 3.93. The molecule has 1 aromatic carbocycles. The maximum Gasteiger partial charge on any atom is 0.270 e. The van der Waals surface area contributed by atoms with Gasteiger partial charge in [0.15, 0.2) is 0 Å². The molecule has 3 rings (SSSR count). The lowest BCUT2D eigenvalue weighted by atomic mass is 9.92. The number of H-pyrrole nitrogens is 1. The minimum Gasteiger partial charge on any atom is -0.497 e. The van der Waals surface area contributed by atoms with Gasteiger partial charge in [0.25, 0.3) is 5.56 Å². The second-order valence-corrected chi connectivity index (χ2v) is 7.16. The summed E-state index contributed by atoms with van der Waals surface area (Å²) in [7, 11) is 1.62. The summed E-state index contributed by atoms with van der Waals surface area (Å²) in [6, 6.07) is 5.59. The third-order valence-electron chi connectivity index (χ3n) is 5.50. The number of aromatic amines is 1. The number of nitrogens with zero attached hydrogens (tertiary/aromatic N) is 1. The highest BCUT2D eigenvalue weighted by atomic mass is 16.5. The second-order valence-electron chi connectivity index (χ2n) is 7.16. The minimum absolute atomic E-state index is 0.0693. The van der Waals surface area contributed by atoms with Crippen molar-refractivity contribution in [2.75, 3.05) is 7.11 Å². The Hall–Kier alpha value is -1.84. The van der Waals surface area contributed by atoms with Gasteiger partial charge in [-0.1, -0.05) is 45.4 Å². The molecule has 2 atom stereocenters. The summed E-state index contributed by atoms with van der Waals surface area (Å²) < 4.78 is 5.18. The number of nitrogens with one attached hydrogen (secondary N) is 1. The van der Waals surface area contributed by atoms with Crippen LogP contribution in [0.15, 0.2) is 23.0 Å². The number of aryl methyl sites for hydroxylation is 1. The Morgan fingerprint density at radius 3 is 2.88 bits per heavy atom. The van der Waals surface area contributed by atoms with Crippen molar-refractivity contribution in [3.05, 3.63) is 34.2 Å². The molecule has 0 bridgehead atoms. The van der Waals surface area contributed by atoms with Gasteiger partial charge in [-0.2, -0.15) is 0 Å². The van der Waals surface area contributed by atoms with Crippen molar-refractivity contribution < 1.29 is 4.74 Å². The van der Waals surface area contributed by atoms with Gasteiger partial charge in [0, 0.05) is 6.07 Å². The Balaban J connectivity index is 1.53. The number of fused-ring (bicyclic) bond motifs is 1. The quantitative estimate of drug-likeness (QED) is 0.763. The molecule has 0 spiro atoms. The maximum atomic E-state index is 12.2. The van der Waals surface area contributed by atoms with Crippen molar-refractivity contribution in [1.82, 2.24) is 9.97 Å². The summed E-state index contributed by atoms with van der Waals surface area (Å²) in [5.41, 5.74) is 2.14. The van der Waals surface area contributed by atoms with E-state index in [4.69, 9.17) is 4.74 Å². The highest BCUT2D eigenvalue weighted by Gasteiger charge is 2.22. The Kier molecular flexibility index (Phi) is 5.54. The number of rotatable bonds is 7. The summed E-state index contributed by atoms with van der Waals surface area (Å²) in [5, 5.41) is 0. The first-order valence-electron chi connectivity index (χ1n) is 9.24. The third-order valence-corrected chi connectivity index (χ3v) is 5.50. The van der Waals surface area contributed by atoms with Crippen LogP contribution in [0.3, 0.4) is 0 Å². The van der Waals surface area contributed by atoms with Gasteiger partial charge < -0.3 is 9.72 Å². The van der Waals surface area contributed by atoms with Crippen LogP contribution >= 0.6 is 0 Å². The van der Waals surface area contributed by atoms with Gasteiger partial charge in [-0.25, -0.2) is 4.98 Å². The average molecular weight is 328 g/mol. The molecule has 1 fully saturated rings. The molecular weight excluding hydrogens is 300 g/mol. The number of ether oxygens (including phenoxy) is 1. The van der Waals surface area contributed by atoms with Gasteiger partial charge in [0.05, 0.1) is 18.1 Å². The van der Waals surface area contributed by atoms with Crippen LogP contribution < -0.4 is 10.3 Å². The molecular formula is C20H28N2O2. The maximum absolute atomic E-state index is 12.2. The SMILES string of the molecule is COc1ccc2nc(CCCCC[C@H]3CCCC3C)c(=O)[nH]c2c1. The summed E-state index contributed by atoms with van der Waals surface area (Å²) in [5.74, 6) is 2.57. The van der Waals surface area contributed by atoms with Crippen LogP contribution in [0.2, 0.25) is 0 Å². The van der Waals surface area contributed by atoms with Gasteiger partial charge in [-0.05, 0) is 36.8 Å². The predicted octanol–water partition coefficient (Wildman–Crippen LogP) is 4.47. The molecule has 1 aliphatic rings. The zero-order chi connectivity index (χ0) is 16.9. The number of benzene rings is 1. The van der Waals surface area contributed by atoms with E-state index in [0.29, 0.717) is 5.69 Å². The van der Waals surface area contributed by atoms with Crippen LogP contribution in [0, 0.1) is 11.8 Å². The molecule has 0 amide bonds. The van der Waals surface area contributed by atoms with Crippen molar-refractivity contribution in [2.45, 2.75) is 58.3 Å². The predicted molar refractivity (Wildman–Crippen MR) is 97.6 cm³/mol. The summed E-state index contributed by atoms with van der Waals surface area (Å²) in [6.45, 7) is 2.39. The molecule has 0 radical (unpaired) electrons. The molecule has 1 N–H and O–H groups in total. The van der Waals surface area contributed by atoms with Gasteiger partial charge in [0.2, 0.25) is 0 Å². The van der Waals surface area contributed by atoms with E-state index in [1.54, 1.807) is 7.11 Å². The zero-order valence-electron chi connectivity index (χ0n) is 14.8. The lowest BCUT2D eigenvalue weighted by molar-refractivity contribution is 0.375. The van der Waals surface area contributed by atoms with Crippen molar-refractivity contribution >= 4 is 11.0 Å². The Morgan fingerprint density at radius 2 is 2.12 bits per heavy atom. The van der Waals surface area contributed by atoms with E-state index in [1.807, 2.05) is 18.2 Å². The number of hydrogen-bond donors (Lipinski definition) is 1. The van der Waals surface area contributed by atoms with Crippen LogP contribution in [0.25, 0.3) is 11.0 Å². The van der Waals surface area contributed by atoms with E-state index in [9.17, 15) is 4.79 Å². The van der Waals surface area contributed by atoms with Crippen LogP contribution in [-0.4, -0.2) is 17.1 Å². The summed E-state index contributed by atoms with van der Waals surface area (Å²) in [6.07, 6.45) is 9.84. The highest BCUT2D eigenvalue weighted by Crippen LogP contribution is 2.34. The molecule has 0 aliphatic heterocycles. The normalized spacial score (nSPS) is 20.6. The first-order valence-corrected chi connectivity index (χ1v) is 9.24. The topological polar surface area (TPSA) is 55.0 Å². The summed E-state index contributed by atoms with van der Waals surface area (Å²) >= 11 is 0. The zero-order valence-corrected chi connectivity index (χ0v) is 14.8. The van der Waals surface area contributed by atoms with Crippen LogP contribution in [0.5, 0.6) is 5.75 Å². The first-order chi connectivity index (χ1) is 11.7. The first kappa shape index (κ1) is 17.0. The molecule has 4 heteroatoms. The molecule has 1 heterocycles. The van der Waals surface area contributed by atoms with Gasteiger partial charge in [0.1, 0.15) is 11.4 Å². The lowest BCUT2D eigenvalue weighted by Crippen LogP contribution is -2.15. The molecule has 4 nitrogen and oxygen atoms in total. The van der Waals surface area contributed by atoms with Crippen molar-refractivity contribution in [2.24, 2.45) is 11.8 Å². The van der Waals surface area contributed by atoms with E-state index in [-0.39, 0.29) is 5.56 Å². The van der Waals surface area contributed by atoms with E-state index in [0.717, 1.165) is 41.5 Å². The van der Waals surface area contributed by atoms with Gasteiger partial charge in [-0.15, -0.1) is 0 Å². The molecule has 1 saturated carbocycles. The van der Waals surface area contributed by atoms with Gasteiger partial charge in [-0.3, -0.25) is 4.79 Å². The fourth-order valence-corrected chi connectivity index (χ4v) is 3.93. The van der Waals surface area contributed by atoms with Crippen molar-refractivity contribution in [3.8, 4) is 5.75 Å². The van der Waals surface area contributed by atoms with E-state index in [1.165, 1.54) is 38.5 Å². The lowest BCUT2D eigenvalue weighted by Gasteiger charge is -2.14. The number of unbranched alkanes of at least 4 members (excludes halogenated alkanes) is 2. The largest absolute Gasteiger partial charge is 0.497 e. The van der Waals surface area contributed by atoms with Crippen molar-refractivity contribution in [3.63, 3.8) is 0 Å². The van der Waals surface area contributed by atoms with E-state index >= 15 is 0 Å².